The van der Waals surface area contributed by atoms with Crippen molar-refractivity contribution < 1.29 is 23.9 Å². The van der Waals surface area contributed by atoms with E-state index in [1.165, 1.54) is 0 Å². The third kappa shape index (κ3) is 5.12. The van der Waals surface area contributed by atoms with Crippen molar-refractivity contribution in [2.45, 2.75) is 40.5 Å². The number of nitrogens with one attached hydrogen (secondary N) is 2. The Labute approximate surface area is 135 Å². The van der Waals surface area contributed by atoms with E-state index in [0.717, 1.165) is 12.8 Å². The number of unbranched alkanes of at least 4 members (excludes halogenated alkanes) is 1. The Hall–Kier alpha value is -2.31. The molecule has 0 bridgehead atoms. The van der Waals surface area contributed by atoms with Crippen LogP contribution in [0.5, 0.6) is 0 Å². The number of H-pyrrole nitrogens is 1. The number of aryl methyl sites for hydroxylation is 1. The number of rotatable bonds is 8. The van der Waals surface area contributed by atoms with E-state index in [9.17, 15) is 14.4 Å². The summed E-state index contributed by atoms with van der Waals surface area (Å²) in [6, 6.07) is 0. The maximum absolute atomic E-state index is 12.1. The Morgan fingerprint density at radius 2 is 1.78 bits per heavy atom. The van der Waals surface area contributed by atoms with E-state index in [1.54, 1.807) is 20.8 Å². The molecular weight excluding hydrogens is 300 g/mol. The highest BCUT2D eigenvalue weighted by atomic mass is 16.5. The third-order valence-electron chi connectivity index (χ3n) is 3.31. The molecule has 1 amide bonds. The zero-order chi connectivity index (χ0) is 17.4. The molecule has 0 aromatic carbocycles. The lowest BCUT2D eigenvalue weighted by atomic mass is 10.1. The molecule has 1 aromatic heterocycles. The van der Waals surface area contributed by atoms with Crippen molar-refractivity contribution in [3.05, 3.63) is 22.5 Å². The van der Waals surface area contributed by atoms with E-state index < -0.39 is 11.9 Å². The van der Waals surface area contributed by atoms with Gasteiger partial charge in [-0.25, -0.2) is 9.59 Å². The van der Waals surface area contributed by atoms with Gasteiger partial charge < -0.3 is 19.8 Å². The van der Waals surface area contributed by atoms with Crippen LogP contribution in [0.4, 0.5) is 0 Å². The van der Waals surface area contributed by atoms with E-state index in [1.807, 2.05) is 6.92 Å². The van der Waals surface area contributed by atoms with Crippen LogP contribution in [-0.2, 0) is 14.3 Å². The van der Waals surface area contributed by atoms with Crippen LogP contribution in [0.3, 0.4) is 0 Å². The van der Waals surface area contributed by atoms with Crippen LogP contribution in [0.25, 0.3) is 0 Å². The minimum absolute atomic E-state index is 0.226. The highest BCUT2D eigenvalue weighted by Gasteiger charge is 2.24. The van der Waals surface area contributed by atoms with Gasteiger partial charge in [0, 0.05) is 12.2 Å². The zero-order valence-electron chi connectivity index (χ0n) is 14.1. The van der Waals surface area contributed by atoms with Crippen LogP contribution in [0, 0.1) is 13.8 Å². The first kappa shape index (κ1) is 18.7. The molecule has 0 atom stereocenters. The second kappa shape index (κ2) is 8.97. The Bertz CT molecular complexity index is 577. The van der Waals surface area contributed by atoms with Crippen molar-refractivity contribution in [3.63, 3.8) is 0 Å². The zero-order valence-corrected chi connectivity index (χ0v) is 14.1. The van der Waals surface area contributed by atoms with Crippen molar-refractivity contribution in [1.29, 1.82) is 0 Å². The van der Waals surface area contributed by atoms with Crippen LogP contribution >= 0.6 is 0 Å². The SMILES string of the molecule is CCCCNC(=O)COC(=O)c1c(C)[nH]c(C(=O)OCC)c1C. The fourth-order valence-corrected chi connectivity index (χ4v) is 2.12. The topological polar surface area (TPSA) is 97.5 Å². The van der Waals surface area contributed by atoms with Gasteiger partial charge in [0.1, 0.15) is 5.69 Å². The van der Waals surface area contributed by atoms with Gasteiger partial charge in [-0.15, -0.1) is 0 Å². The Morgan fingerprint density at radius 1 is 1.09 bits per heavy atom. The molecule has 7 nitrogen and oxygen atoms in total. The number of hydrogen-bond donors (Lipinski definition) is 2. The lowest BCUT2D eigenvalue weighted by Crippen LogP contribution is -2.29. The number of ether oxygens (including phenoxy) is 2. The van der Waals surface area contributed by atoms with Gasteiger partial charge in [0.05, 0.1) is 12.2 Å². The van der Waals surface area contributed by atoms with Crippen LogP contribution in [0.1, 0.15) is 58.8 Å². The molecule has 0 fully saturated rings. The van der Waals surface area contributed by atoms with Gasteiger partial charge in [0.25, 0.3) is 5.91 Å². The highest BCUT2D eigenvalue weighted by molar-refractivity contribution is 5.99. The van der Waals surface area contributed by atoms with Gasteiger partial charge in [-0.05, 0) is 32.8 Å². The molecule has 0 saturated carbocycles. The molecule has 0 saturated heterocycles. The normalized spacial score (nSPS) is 10.3. The van der Waals surface area contributed by atoms with Crippen molar-refractivity contribution >= 4 is 17.8 Å². The van der Waals surface area contributed by atoms with Crippen molar-refractivity contribution in [2.24, 2.45) is 0 Å². The molecule has 23 heavy (non-hydrogen) atoms. The smallest absolute Gasteiger partial charge is 0.355 e. The first-order valence-corrected chi connectivity index (χ1v) is 7.72. The van der Waals surface area contributed by atoms with Crippen molar-refractivity contribution in [2.75, 3.05) is 19.8 Å². The summed E-state index contributed by atoms with van der Waals surface area (Å²) in [7, 11) is 0. The summed E-state index contributed by atoms with van der Waals surface area (Å²) < 4.78 is 9.94. The Balaban J connectivity index is 2.70. The standard InChI is InChI=1S/C16H24N2O5/c1-5-7-8-17-12(19)9-23-15(20)13-10(3)14(18-11(13)4)16(21)22-6-2/h18H,5-9H2,1-4H3,(H,17,19). The molecule has 1 heterocycles. The van der Waals surface area contributed by atoms with Gasteiger partial charge >= 0.3 is 11.9 Å². The molecule has 0 spiro atoms. The molecule has 7 heteroatoms. The molecular formula is C16H24N2O5. The number of hydrogen-bond acceptors (Lipinski definition) is 5. The Morgan fingerprint density at radius 3 is 2.39 bits per heavy atom. The highest BCUT2D eigenvalue weighted by Crippen LogP contribution is 2.19. The van der Waals surface area contributed by atoms with E-state index in [0.29, 0.717) is 17.8 Å². The largest absolute Gasteiger partial charge is 0.461 e. The molecule has 0 aliphatic carbocycles. The van der Waals surface area contributed by atoms with Crippen LogP contribution in [-0.4, -0.2) is 42.6 Å². The first-order valence-electron chi connectivity index (χ1n) is 7.72. The lowest BCUT2D eigenvalue weighted by Gasteiger charge is -2.06. The second-order valence-electron chi connectivity index (χ2n) is 5.13. The predicted molar refractivity (Wildman–Crippen MR) is 84.4 cm³/mol. The van der Waals surface area contributed by atoms with E-state index in [-0.39, 0.29) is 30.4 Å². The molecule has 0 radical (unpaired) electrons. The summed E-state index contributed by atoms with van der Waals surface area (Å²) >= 11 is 0. The summed E-state index contributed by atoms with van der Waals surface area (Å²) in [6.07, 6.45) is 1.84. The fourth-order valence-electron chi connectivity index (χ4n) is 2.12. The quantitative estimate of drug-likeness (QED) is 0.562. The van der Waals surface area contributed by atoms with Crippen molar-refractivity contribution in [3.8, 4) is 0 Å². The van der Waals surface area contributed by atoms with Gasteiger partial charge in [0.2, 0.25) is 0 Å². The van der Waals surface area contributed by atoms with Crippen LogP contribution < -0.4 is 5.32 Å². The summed E-state index contributed by atoms with van der Waals surface area (Å²) in [5.74, 6) is -1.51. The molecule has 2 N–H and O–H groups in total. The molecule has 128 valence electrons. The monoisotopic (exact) mass is 324 g/mol. The predicted octanol–water partition coefficient (Wildman–Crippen LogP) is 1.88. The van der Waals surface area contributed by atoms with E-state index in [2.05, 4.69) is 10.3 Å². The molecule has 0 aliphatic rings. The minimum Gasteiger partial charge on any atom is -0.461 e. The number of aromatic amines is 1. The molecule has 1 aromatic rings. The number of esters is 2. The van der Waals surface area contributed by atoms with Gasteiger partial charge in [0.15, 0.2) is 6.61 Å². The number of carbonyl (C=O) groups is 3. The second-order valence-corrected chi connectivity index (χ2v) is 5.13. The maximum Gasteiger partial charge on any atom is 0.355 e. The van der Waals surface area contributed by atoms with Gasteiger partial charge in [-0.1, -0.05) is 13.3 Å². The van der Waals surface area contributed by atoms with E-state index >= 15 is 0 Å². The van der Waals surface area contributed by atoms with E-state index in [4.69, 9.17) is 9.47 Å². The van der Waals surface area contributed by atoms with Gasteiger partial charge in [-0.2, -0.15) is 0 Å². The van der Waals surface area contributed by atoms with Crippen LogP contribution in [0.2, 0.25) is 0 Å². The number of amides is 1. The summed E-state index contributed by atoms with van der Waals surface area (Å²) in [5.41, 5.74) is 1.44. The summed E-state index contributed by atoms with van der Waals surface area (Å²) in [6.45, 7) is 7.47. The lowest BCUT2D eigenvalue weighted by molar-refractivity contribution is -0.124. The van der Waals surface area contributed by atoms with Crippen LogP contribution in [0.15, 0.2) is 0 Å². The summed E-state index contributed by atoms with van der Waals surface area (Å²) in [5, 5.41) is 2.66. The number of aromatic nitrogens is 1. The molecule has 0 aliphatic heterocycles. The molecule has 1 rings (SSSR count). The van der Waals surface area contributed by atoms with Gasteiger partial charge in [-0.3, -0.25) is 4.79 Å². The Kier molecular flexibility index (Phi) is 7.31. The average Bonchev–Trinajstić information content (AvgIpc) is 2.80. The molecule has 0 unspecified atom stereocenters. The average molecular weight is 324 g/mol. The maximum atomic E-state index is 12.1. The third-order valence-corrected chi connectivity index (χ3v) is 3.31. The van der Waals surface area contributed by atoms with Crippen molar-refractivity contribution in [1.82, 2.24) is 10.3 Å². The first-order chi connectivity index (χ1) is 10.9. The fraction of sp³-hybridized carbons (Fsp3) is 0.562. The minimum atomic E-state index is -0.641. The summed E-state index contributed by atoms with van der Waals surface area (Å²) in [4.78, 5) is 38.3. The number of carbonyl (C=O) groups excluding carboxylic acids is 3.